The summed E-state index contributed by atoms with van der Waals surface area (Å²) in [5.41, 5.74) is 3.72. The molecule has 40 heavy (non-hydrogen) atoms. The van der Waals surface area contributed by atoms with Gasteiger partial charge in [0.15, 0.2) is 11.5 Å². The highest BCUT2D eigenvalue weighted by atomic mass is 32.2. The Balaban J connectivity index is 1.29. The zero-order valence-corrected chi connectivity index (χ0v) is 24.8. The van der Waals surface area contributed by atoms with E-state index < -0.39 is 10.0 Å². The maximum Gasteiger partial charge on any atom is 0.243 e. The number of benzene rings is 2. The Morgan fingerprint density at radius 2 is 1.70 bits per heavy atom. The molecular weight excluding hydrogens is 565 g/mol. The van der Waals surface area contributed by atoms with Crippen molar-refractivity contribution < 1.29 is 17.9 Å². The molecule has 1 saturated heterocycles. The van der Waals surface area contributed by atoms with Crippen LogP contribution >= 0.6 is 22.7 Å². The number of nitrogens with zero attached hydrogens (tertiary/aromatic N) is 4. The lowest BCUT2D eigenvalue weighted by atomic mass is 10.0. The molecule has 1 atom stereocenters. The van der Waals surface area contributed by atoms with Crippen molar-refractivity contribution in [2.45, 2.75) is 36.6 Å². The third-order valence-electron chi connectivity index (χ3n) is 7.30. The van der Waals surface area contributed by atoms with Crippen LogP contribution in [-0.4, -0.2) is 50.7 Å². The lowest BCUT2D eigenvalue weighted by molar-refractivity contribution is 0.346. The Morgan fingerprint density at radius 3 is 2.40 bits per heavy atom. The van der Waals surface area contributed by atoms with Gasteiger partial charge in [0.25, 0.3) is 0 Å². The molecule has 2 aromatic carbocycles. The molecule has 6 rings (SSSR count). The van der Waals surface area contributed by atoms with Crippen molar-refractivity contribution >= 4 is 43.5 Å². The number of thiazole rings is 1. The van der Waals surface area contributed by atoms with Gasteiger partial charge in [-0.05, 0) is 54.1 Å². The van der Waals surface area contributed by atoms with Crippen LogP contribution < -0.4 is 14.5 Å². The van der Waals surface area contributed by atoms with Gasteiger partial charge >= 0.3 is 0 Å². The summed E-state index contributed by atoms with van der Waals surface area (Å²) in [6.07, 6.45) is 3.64. The van der Waals surface area contributed by atoms with Gasteiger partial charge in [0, 0.05) is 30.5 Å². The second-order valence-electron chi connectivity index (χ2n) is 9.71. The summed E-state index contributed by atoms with van der Waals surface area (Å²) < 4.78 is 38.8. The minimum absolute atomic E-state index is 0.0621. The zero-order valence-electron chi connectivity index (χ0n) is 22.3. The molecule has 0 amide bonds. The Hall–Kier alpha value is -3.25. The lowest BCUT2D eigenvalue weighted by Gasteiger charge is -2.25. The van der Waals surface area contributed by atoms with Gasteiger partial charge in [-0.15, -0.1) is 22.7 Å². The minimum Gasteiger partial charge on any atom is -0.493 e. The van der Waals surface area contributed by atoms with Gasteiger partial charge in [0.05, 0.1) is 41.4 Å². The average Bonchev–Trinajstić information content (AvgIpc) is 3.78. The van der Waals surface area contributed by atoms with E-state index in [1.165, 1.54) is 11.3 Å². The largest absolute Gasteiger partial charge is 0.493 e. The molecule has 11 heteroatoms. The van der Waals surface area contributed by atoms with Gasteiger partial charge in [-0.3, -0.25) is 0 Å². The number of anilines is 1. The molecule has 1 fully saturated rings. The molecule has 0 saturated carbocycles. The first kappa shape index (κ1) is 26.9. The van der Waals surface area contributed by atoms with E-state index in [4.69, 9.17) is 19.6 Å². The molecule has 0 unspecified atom stereocenters. The van der Waals surface area contributed by atoms with E-state index in [9.17, 15) is 8.42 Å². The van der Waals surface area contributed by atoms with E-state index in [0.29, 0.717) is 29.5 Å². The van der Waals surface area contributed by atoms with Crippen LogP contribution in [0, 0.1) is 0 Å². The fourth-order valence-corrected chi connectivity index (χ4v) is 8.22. The van der Waals surface area contributed by atoms with Crippen molar-refractivity contribution in [1.29, 1.82) is 0 Å². The highest BCUT2D eigenvalue weighted by Crippen LogP contribution is 2.42. The first-order chi connectivity index (χ1) is 19.5. The van der Waals surface area contributed by atoms with Crippen LogP contribution in [0.15, 0.2) is 75.4 Å². The maximum absolute atomic E-state index is 13.1. The van der Waals surface area contributed by atoms with Crippen LogP contribution in [0.4, 0.5) is 5.13 Å². The van der Waals surface area contributed by atoms with E-state index in [1.807, 2.05) is 46.8 Å². The molecule has 2 aromatic heterocycles. The van der Waals surface area contributed by atoms with Crippen LogP contribution in [0.3, 0.4) is 0 Å². The van der Waals surface area contributed by atoms with E-state index in [2.05, 4.69) is 11.4 Å². The molecule has 4 heterocycles. The molecular formula is C29H30N4O4S3. The smallest absolute Gasteiger partial charge is 0.243 e. The lowest BCUT2D eigenvalue weighted by Crippen LogP contribution is -2.35. The summed E-state index contributed by atoms with van der Waals surface area (Å²) in [5, 5.41) is 11.8. The summed E-state index contributed by atoms with van der Waals surface area (Å²) in [4.78, 5) is 6.40. The van der Waals surface area contributed by atoms with E-state index >= 15 is 0 Å². The minimum atomic E-state index is -3.47. The van der Waals surface area contributed by atoms with Crippen LogP contribution in [0.2, 0.25) is 0 Å². The number of rotatable bonds is 8. The quantitative estimate of drug-likeness (QED) is 0.234. The number of hydrogen-bond donors (Lipinski definition) is 0. The van der Waals surface area contributed by atoms with Crippen LogP contribution in [0.5, 0.6) is 11.5 Å². The van der Waals surface area contributed by atoms with E-state index in [-0.39, 0.29) is 6.04 Å². The second-order valence-corrected chi connectivity index (χ2v) is 13.4. The number of methoxy groups -OCH3 is 2. The zero-order chi connectivity index (χ0) is 27.7. The molecule has 0 spiro atoms. The molecule has 208 valence electrons. The summed E-state index contributed by atoms with van der Waals surface area (Å²) in [6.45, 7) is 1.18. The Bertz CT molecular complexity index is 1610. The topological polar surface area (TPSA) is 84.3 Å². The van der Waals surface area contributed by atoms with Crippen molar-refractivity contribution in [2.24, 2.45) is 5.10 Å². The molecule has 2 aliphatic heterocycles. The van der Waals surface area contributed by atoms with Gasteiger partial charge < -0.3 is 9.47 Å². The number of piperidine rings is 1. The molecule has 4 aromatic rings. The molecule has 2 aliphatic rings. The number of hydrogen-bond acceptors (Lipinski definition) is 9. The number of thiophene rings is 1. The maximum atomic E-state index is 13.1. The monoisotopic (exact) mass is 594 g/mol. The van der Waals surface area contributed by atoms with Gasteiger partial charge in [0.2, 0.25) is 15.2 Å². The van der Waals surface area contributed by atoms with Crippen molar-refractivity contribution in [3.63, 3.8) is 0 Å². The summed E-state index contributed by atoms with van der Waals surface area (Å²) in [6, 6.07) is 17.1. The molecule has 0 aliphatic carbocycles. The summed E-state index contributed by atoms with van der Waals surface area (Å²) in [7, 11) is -0.208. The number of sulfonamides is 1. The second kappa shape index (κ2) is 11.3. The average molecular weight is 595 g/mol. The number of ether oxygens (including phenoxy) is 2. The van der Waals surface area contributed by atoms with E-state index in [1.54, 1.807) is 42.0 Å². The summed E-state index contributed by atoms with van der Waals surface area (Å²) >= 11 is 3.19. The fraction of sp³-hybridized carbons (Fsp3) is 0.310. The van der Waals surface area contributed by atoms with E-state index in [0.717, 1.165) is 58.2 Å². The van der Waals surface area contributed by atoms with Crippen LogP contribution in [-0.2, 0) is 10.0 Å². The molecule has 8 nitrogen and oxygen atoms in total. The number of hydrazone groups is 1. The van der Waals surface area contributed by atoms with Crippen molar-refractivity contribution in [3.8, 4) is 22.8 Å². The number of aromatic nitrogens is 1. The summed E-state index contributed by atoms with van der Waals surface area (Å²) in [5.74, 6) is 1.35. The standard InChI is InChI=1S/C29H30N4O4S3/c1-36-26-13-10-21(17-27(26)37-2)25-18-23(28-7-6-16-38-28)31-33(25)29-30-24(19-39-29)20-8-11-22(12-9-20)40(34,35)32-14-4-3-5-15-32/h6-13,16-17,19,25H,3-5,14-15,18H2,1-2H3/t25-/m1/s1. The SMILES string of the molecule is COc1ccc([C@H]2CC(c3cccs3)=NN2c2nc(-c3ccc(S(=O)(=O)N4CCCCC4)cc3)cs2)cc1OC. The predicted octanol–water partition coefficient (Wildman–Crippen LogP) is 6.42. The van der Waals surface area contributed by atoms with Crippen LogP contribution in [0.25, 0.3) is 11.3 Å². The Labute approximate surface area is 242 Å². The van der Waals surface area contributed by atoms with Gasteiger partial charge in [-0.1, -0.05) is 30.7 Å². The van der Waals surface area contributed by atoms with Crippen molar-refractivity contribution in [1.82, 2.24) is 9.29 Å². The highest BCUT2D eigenvalue weighted by molar-refractivity contribution is 7.89. The molecule has 0 radical (unpaired) electrons. The van der Waals surface area contributed by atoms with Crippen LogP contribution in [0.1, 0.15) is 42.2 Å². The third kappa shape index (κ3) is 5.14. The van der Waals surface area contributed by atoms with Gasteiger partial charge in [0.1, 0.15) is 0 Å². The third-order valence-corrected chi connectivity index (χ3v) is 11.0. The first-order valence-electron chi connectivity index (χ1n) is 13.2. The first-order valence-corrected chi connectivity index (χ1v) is 16.4. The Morgan fingerprint density at radius 1 is 0.925 bits per heavy atom. The predicted molar refractivity (Wildman–Crippen MR) is 160 cm³/mol. The normalized spacial score (nSPS) is 18.1. The van der Waals surface area contributed by atoms with Gasteiger partial charge in [-0.25, -0.2) is 18.4 Å². The van der Waals surface area contributed by atoms with Crippen molar-refractivity contribution in [3.05, 3.63) is 75.8 Å². The molecule has 0 bridgehead atoms. The fourth-order valence-electron chi connectivity index (χ4n) is 5.15. The van der Waals surface area contributed by atoms with Gasteiger partial charge in [-0.2, -0.15) is 9.41 Å². The van der Waals surface area contributed by atoms with Crippen molar-refractivity contribution in [2.75, 3.05) is 32.3 Å². The highest BCUT2D eigenvalue weighted by Gasteiger charge is 2.33. The Kier molecular flexibility index (Phi) is 7.63. The molecule has 0 N–H and O–H groups in total.